The van der Waals surface area contributed by atoms with Crippen molar-refractivity contribution in [2.45, 2.75) is 20.3 Å². The molecule has 0 fully saturated rings. The van der Waals surface area contributed by atoms with Crippen molar-refractivity contribution in [1.29, 1.82) is 0 Å². The fraction of sp³-hybridized carbons (Fsp3) is 0.714. The van der Waals surface area contributed by atoms with Crippen LogP contribution in [0.3, 0.4) is 0 Å². The molecule has 0 saturated carbocycles. The molecule has 0 unspecified atom stereocenters. The second-order valence-electron chi connectivity index (χ2n) is 2.47. The third kappa shape index (κ3) is 1.80. The highest BCUT2D eigenvalue weighted by molar-refractivity contribution is 5.05. The molecule has 5 heteroatoms. The van der Waals surface area contributed by atoms with Crippen LogP contribution in [0.25, 0.3) is 0 Å². The number of aromatic nitrogens is 3. The highest BCUT2D eigenvalue weighted by Gasteiger charge is 2.07. The van der Waals surface area contributed by atoms with Crippen molar-refractivity contribution in [3.05, 3.63) is 11.4 Å². The zero-order chi connectivity index (χ0) is 8.97. The summed E-state index contributed by atoms with van der Waals surface area (Å²) >= 11 is 0. The summed E-state index contributed by atoms with van der Waals surface area (Å²) in [7, 11) is 3.26. The lowest BCUT2D eigenvalue weighted by Gasteiger charge is -2.03. The second-order valence-corrected chi connectivity index (χ2v) is 2.47. The topological polar surface area (TPSA) is 49.2 Å². The van der Waals surface area contributed by atoms with Crippen molar-refractivity contribution in [1.82, 2.24) is 15.0 Å². The van der Waals surface area contributed by atoms with Crippen molar-refractivity contribution < 1.29 is 9.47 Å². The first-order valence-electron chi connectivity index (χ1n) is 3.66. The van der Waals surface area contributed by atoms with Gasteiger partial charge in [0, 0.05) is 14.2 Å². The fourth-order valence-electron chi connectivity index (χ4n) is 0.961. The van der Waals surface area contributed by atoms with Crippen molar-refractivity contribution in [2.75, 3.05) is 14.2 Å². The van der Waals surface area contributed by atoms with Crippen molar-refractivity contribution in [3.8, 4) is 0 Å². The molecule has 5 nitrogen and oxygen atoms in total. The van der Waals surface area contributed by atoms with Gasteiger partial charge in [-0.15, -0.1) is 5.10 Å². The summed E-state index contributed by atoms with van der Waals surface area (Å²) in [5.74, 6) is 0. The Kier molecular flexibility index (Phi) is 3.19. The van der Waals surface area contributed by atoms with Gasteiger partial charge in [0.1, 0.15) is 6.73 Å². The maximum Gasteiger partial charge on any atom is 0.141 e. The molecule has 12 heavy (non-hydrogen) atoms. The molecule has 0 aliphatic heterocycles. The Morgan fingerprint density at radius 1 is 1.33 bits per heavy atom. The van der Waals surface area contributed by atoms with Crippen molar-refractivity contribution in [3.63, 3.8) is 0 Å². The second kappa shape index (κ2) is 4.18. The van der Waals surface area contributed by atoms with Crippen LogP contribution in [0.2, 0.25) is 0 Å². The van der Waals surface area contributed by atoms with Gasteiger partial charge in [0.05, 0.1) is 18.0 Å². The van der Waals surface area contributed by atoms with E-state index in [2.05, 4.69) is 10.3 Å². The molecular formula is C7H13N3O2. The Labute approximate surface area is 71.3 Å². The maximum atomic E-state index is 5.00. The molecule has 1 heterocycles. The molecular weight excluding hydrogens is 158 g/mol. The number of aryl methyl sites for hydroxylation is 1. The lowest BCUT2D eigenvalue weighted by Crippen LogP contribution is -2.07. The van der Waals surface area contributed by atoms with Crippen LogP contribution in [0.4, 0.5) is 0 Å². The fourth-order valence-corrected chi connectivity index (χ4v) is 0.961. The molecule has 0 aromatic carbocycles. The van der Waals surface area contributed by atoms with Crippen LogP contribution in [-0.4, -0.2) is 29.2 Å². The number of ether oxygens (including phenoxy) is 2. The molecule has 0 spiro atoms. The lowest BCUT2D eigenvalue weighted by molar-refractivity contribution is 0.105. The Morgan fingerprint density at radius 3 is 2.67 bits per heavy atom. The van der Waals surface area contributed by atoms with Gasteiger partial charge in [-0.05, 0) is 6.92 Å². The molecule has 1 aromatic rings. The van der Waals surface area contributed by atoms with Gasteiger partial charge in [-0.3, -0.25) is 0 Å². The molecule has 1 rings (SSSR count). The zero-order valence-electron chi connectivity index (χ0n) is 7.57. The monoisotopic (exact) mass is 171 g/mol. The highest BCUT2D eigenvalue weighted by atomic mass is 16.5. The molecule has 0 atom stereocenters. The molecule has 0 bridgehead atoms. The molecule has 68 valence electrons. The van der Waals surface area contributed by atoms with Crippen LogP contribution in [-0.2, 0) is 22.8 Å². The SMILES string of the molecule is COCc1c(C)nnn1COC. The third-order valence-corrected chi connectivity index (χ3v) is 1.56. The maximum absolute atomic E-state index is 5.00. The summed E-state index contributed by atoms with van der Waals surface area (Å²) in [6.07, 6.45) is 0. The molecule has 1 aromatic heterocycles. The third-order valence-electron chi connectivity index (χ3n) is 1.56. The van der Waals surface area contributed by atoms with Crippen LogP contribution in [0, 0.1) is 6.92 Å². The summed E-state index contributed by atoms with van der Waals surface area (Å²) in [6.45, 7) is 2.83. The number of nitrogens with zero attached hydrogens (tertiary/aromatic N) is 3. The largest absolute Gasteiger partial charge is 0.378 e. The minimum absolute atomic E-state index is 0.416. The smallest absolute Gasteiger partial charge is 0.141 e. The predicted octanol–water partition coefficient (Wildman–Crippen LogP) is 0.337. The van der Waals surface area contributed by atoms with E-state index in [-0.39, 0.29) is 0 Å². The van der Waals surface area contributed by atoms with E-state index < -0.39 is 0 Å². The van der Waals surface area contributed by atoms with Gasteiger partial charge in [0.25, 0.3) is 0 Å². The Hall–Kier alpha value is -0.940. The quantitative estimate of drug-likeness (QED) is 0.655. The number of methoxy groups -OCH3 is 2. The van der Waals surface area contributed by atoms with Gasteiger partial charge in [-0.1, -0.05) is 5.21 Å². The predicted molar refractivity (Wildman–Crippen MR) is 42.5 cm³/mol. The van der Waals surface area contributed by atoms with Crippen molar-refractivity contribution >= 4 is 0 Å². The van der Waals surface area contributed by atoms with E-state index in [1.165, 1.54) is 0 Å². The first-order valence-corrected chi connectivity index (χ1v) is 3.66. The van der Waals surface area contributed by atoms with Gasteiger partial charge in [-0.2, -0.15) is 0 Å². The van der Waals surface area contributed by atoms with E-state index in [4.69, 9.17) is 9.47 Å². The molecule has 0 aliphatic rings. The Bertz CT molecular complexity index is 247. The van der Waals surface area contributed by atoms with Gasteiger partial charge in [0.15, 0.2) is 0 Å². The van der Waals surface area contributed by atoms with Crippen LogP contribution < -0.4 is 0 Å². The van der Waals surface area contributed by atoms with Crippen LogP contribution in [0.1, 0.15) is 11.4 Å². The zero-order valence-corrected chi connectivity index (χ0v) is 7.57. The molecule has 0 N–H and O–H groups in total. The summed E-state index contributed by atoms with van der Waals surface area (Å²) in [5, 5.41) is 7.79. The van der Waals surface area contributed by atoms with Crippen LogP contribution in [0.15, 0.2) is 0 Å². The average molecular weight is 171 g/mol. The van der Waals surface area contributed by atoms with E-state index >= 15 is 0 Å². The molecule has 0 aliphatic carbocycles. The van der Waals surface area contributed by atoms with Crippen LogP contribution >= 0.6 is 0 Å². The minimum atomic E-state index is 0.416. The van der Waals surface area contributed by atoms with E-state index in [1.54, 1.807) is 18.9 Å². The summed E-state index contributed by atoms with van der Waals surface area (Å²) in [6, 6.07) is 0. The molecule has 0 radical (unpaired) electrons. The normalized spacial score (nSPS) is 10.6. The van der Waals surface area contributed by atoms with E-state index in [0.29, 0.717) is 13.3 Å². The lowest BCUT2D eigenvalue weighted by atomic mass is 10.3. The molecule has 0 saturated heterocycles. The molecule has 0 amide bonds. The van der Waals surface area contributed by atoms with Crippen LogP contribution in [0.5, 0.6) is 0 Å². The first-order chi connectivity index (χ1) is 5.79. The van der Waals surface area contributed by atoms with Gasteiger partial charge < -0.3 is 9.47 Å². The summed E-state index contributed by atoms with van der Waals surface area (Å²) in [4.78, 5) is 0. The number of hydrogen-bond donors (Lipinski definition) is 0. The van der Waals surface area contributed by atoms with Gasteiger partial charge in [-0.25, -0.2) is 4.68 Å². The van der Waals surface area contributed by atoms with E-state index in [1.807, 2.05) is 6.92 Å². The summed E-state index contributed by atoms with van der Waals surface area (Å²) in [5.41, 5.74) is 1.84. The number of hydrogen-bond acceptors (Lipinski definition) is 4. The Morgan fingerprint density at radius 2 is 2.08 bits per heavy atom. The summed E-state index contributed by atoms with van der Waals surface area (Å²) < 4.78 is 11.6. The highest BCUT2D eigenvalue weighted by Crippen LogP contribution is 2.04. The van der Waals surface area contributed by atoms with Crippen molar-refractivity contribution in [2.24, 2.45) is 0 Å². The standard InChI is InChI=1S/C7H13N3O2/c1-6-7(4-11-2)10(5-12-3)9-8-6/h4-5H2,1-3H3. The van der Waals surface area contributed by atoms with Gasteiger partial charge in [0.2, 0.25) is 0 Å². The van der Waals surface area contributed by atoms with Gasteiger partial charge >= 0.3 is 0 Å². The average Bonchev–Trinajstić information content (AvgIpc) is 2.37. The number of rotatable bonds is 4. The minimum Gasteiger partial charge on any atom is -0.378 e. The van der Waals surface area contributed by atoms with E-state index in [0.717, 1.165) is 11.4 Å². The first kappa shape index (κ1) is 9.15. The Balaban J connectivity index is 2.80. The van der Waals surface area contributed by atoms with E-state index in [9.17, 15) is 0 Å².